The fourth-order valence-corrected chi connectivity index (χ4v) is 3.36. The van der Waals surface area contributed by atoms with E-state index in [9.17, 15) is 4.79 Å². The summed E-state index contributed by atoms with van der Waals surface area (Å²) in [7, 11) is 1.67. The number of hydrogen-bond donors (Lipinski definition) is 1. The summed E-state index contributed by atoms with van der Waals surface area (Å²) in [5.41, 5.74) is 2.97. The first-order valence-electron chi connectivity index (χ1n) is 7.07. The molecular formula is C16H18N2O2S. The number of rotatable bonds is 3. The zero-order valence-electron chi connectivity index (χ0n) is 12.2. The van der Waals surface area contributed by atoms with E-state index in [0.717, 1.165) is 30.0 Å². The quantitative estimate of drug-likeness (QED) is 0.946. The lowest BCUT2D eigenvalue weighted by Crippen LogP contribution is -2.31. The molecule has 1 amide bonds. The third kappa shape index (κ3) is 2.93. The average Bonchev–Trinajstić information content (AvgIpc) is 2.93. The van der Waals surface area contributed by atoms with E-state index in [1.54, 1.807) is 7.11 Å². The number of aromatic nitrogens is 1. The van der Waals surface area contributed by atoms with Gasteiger partial charge in [0.25, 0.3) is 5.91 Å². The Bertz CT molecular complexity index is 666. The van der Waals surface area contributed by atoms with Gasteiger partial charge in [-0.25, -0.2) is 4.98 Å². The van der Waals surface area contributed by atoms with Gasteiger partial charge in [-0.15, -0.1) is 11.3 Å². The van der Waals surface area contributed by atoms with Gasteiger partial charge in [-0.05, 0) is 49.4 Å². The van der Waals surface area contributed by atoms with Gasteiger partial charge >= 0.3 is 0 Å². The highest BCUT2D eigenvalue weighted by Gasteiger charge is 2.23. The number of carbonyl (C=O) groups is 1. The van der Waals surface area contributed by atoms with E-state index in [2.05, 4.69) is 22.4 Å². The van der Waals surface area contributed by atoms with Gasteiger partial charge in [0.2, 0.25) is 0 Å². The molecule has 0 aliphatic heterocycles. The maximum Gasteiger partial charge on any atom is 0.271 e. The van der Waals surface area contributed by atoms with Crippen LogP contribution in [0.1, 0.15) is 45.5 Å². The maximum atomic E-state index is 12.3. The molecule has 0 unspecified atom stereocenters. The lowest BCUT2D eigenvalue weighted by Gasteiger charge is -2.26. The molecule has 0 saturated carbocycles. The maximum absolute atomic E-state index is 12.3. The number of nitrogens with one attached hydrogen (secondary N) is 1. The van der Waals surface area contributed by atoms with Crippen LogP contribution < -0.4 is 10.1 Å². The Kier molecular flexibility index (Phi) is 3.92. The number of benzene rings is 1. The third-order valence-corrected chi connectivity index (χ3v) is 4.59. The van der Waals surface area contributed by atoms with E-state index in [0.29, 0.717) is 5.69 Å². The van der Waals surface area contributed by atoms with Crippen molar-refractivity contribution in [2.45, 2.75) is 32.2 Å². The molecule has 1 atom stereocenters. The molecule has 1 aromatic carbocycles. The van der Waals surface area contributed by atoms with Gasteiger partial charge in [0.1, 0.15) is 11.4 Å². The smallest absolute Gasteiger partial charge is 0.271 e. The van der Waals surface area contributed by atoms with Crippen LogP contribution in [-0.4, -0.2) is 18.0 Å². The van der Waals surface area contributed by atoms with Crippen LogP contribution in [0, 0.1) is 6.92 Å². The molecule has 0 radical (unpaired) electrons. The van der Waals surface area contributed by atoms with Crippen molar-refractivity contribution in [2.75, 3.05) is 7.11 Å². The molecule has 1 aliphatic carbocycles. The molecule has 0 fully saturated rings. The van der Waals surface area contributed by atoms with Crippen LogP contribution in [0.5, 0.6) is 5.75 Å². The van der Waals surface area contributed by atoms with E-state index in [1.807, 2.05) is 18.4 Å². The molecule has 1 heterocycles. The molecule has 3 rings (SSSR count). The second kappa shape index (κ2) is 5.85. The first-order valence-corrected chi connectivity index (χ1v) is 7.95. The highest BCUT2D eigenvalue weighted by Crippen LogP contribution is 2.32. The van der Waals surface area contributed by atoms with Gasteiger partial charge in [0.05, 0.1) is 18.2 Å². The monoisotopic (exact) mass is 302 g/mol. The lowest BCUT2D eigenvalue weighted by atomic mass is 9.87. The molecule has 4 nitrogen and oxygen atoms in total. The van der Waals surface area contributed by atoms with Gasteiger partial charge < -0.3 is 10.1 Å². The number of methoxy groups -OCH3 is 1. The summed E-state index contributed by atoms with van der Waals surface area (Å²) in [6, 6.07) is 6.15. The summed E-state index contributed by atoms with van der Waals surface area (Å²) in [4.78, 5) is 16.5. The Morgan fingerprint density at radius 3 is 3.05 bits per heavy atom. The van der Waals surface area contributed by atoms with Crippen molar-refractivity contribution < 1.29 is 9.53 Å². The summed E-state index contributed by atoms with van der Waals surface area (Å²) in [5, 5.41) is 5.83. The number of fused-ring (bicyclic) bond motifs is 1. The molecule has 1 aliphatic rings. The minimum atomic E-state index is -0.0898. The Balaban J connectivity index is 1.80. The van der Waals surface area contributed by atoms with Crippen LogP contribution in [0.2, 0.25) is 0 Å². The van der Waals surface area contributed by atoms with Crippen molar-refractivity contribution in [3.8, 4) is 5.75 Å². The highest BCUT2D eigenvalue weighted by atomic mass is 32.1. The first kappa shape index (κ1) is 14.1. The minimum absolute atomic E-state index is 0.0640. The Labute approximate surface area is 128 Å². The number of nitrogens with zero attached hydrogens (tertiary/aromatic N) is 1. The summed E-state index contributed by atoms with van der Waals surface area (Å²) in [5.74, 6) is 0.781. The molecule has 5 heteroatoms. The van der Waals surface area contributed by atoms with Crippen LogP contribution >= 0.6 is 11.3 Å². The number of amides is 1. The summed E-state index contributed by atoms with van der Waals surface area (Å²) in [6.45, 7) is 1.91. The molecule has 2 aromatic rings. The van der Waals surface area contributed by atoms with Crippen LogP contribution in [0.25, 0.3) is 0 Å². The molecule has 1 N–H and O–H groups in total. The second-order valence-corrected chi connectivity index (χ2v) is 6.30. The van der Waals surface area contributed by atoms with Crippen molar-refractivity contribution in [1.82, 2.24) is 10.3 Å². The van der Waals surface area contributed by atoms with Crippen molar-refractivity contribution in [3.05, 3.63) is 45.4 Å². The lowest BCUT2D eigenvalue weighted by molar-refractivity contribution is 0.0928. The fourth-order valence-electron chi connectivity index (χ4n) is 2.77. The van der Waals surface area contributed by atoms with Crippen LogP contribution in [0.4, 0.5) is 0 Å². The van der Waals surface area contributed by atoms with E-state index in [4.69, 9.17) is 4.74 Å². The number of carbonyl (C=O) groups excluding carboxylic acids is 1. The van der Waals surface area contributed by atoms with E-state index in [1.165, 1.54) is 22.5 Å². The molecular weight excluding hydrogens is 284 g/mol. The molecule has 0 spiro atoms. The van der Waals surface area contributed by atoms with Crippen molar-refractivity contribution in [1.29, 1.82) is 0 Å². The fraction of sp³-hybridized carbons (Fsp3) is 0.375. The highest BCUT2D eigenvalue weighted by molar-refractivity contribution is 7.09. The molecule has 21 heavy (non-hydrogen) atoms. The number of thiazole rings is 1. The Hall–Kier alpha value is -1.88. The number of aryl methyl sites for hydroxylation is 2. The van der Waals surface area contributed by atoms with Crippen LogP contribution in [-0.2, 0) is 6.42 Å². The van der Waals surface area contributed by atoms with Gasteiger partial charge in [-0.3, -0.25) is 4.79 Å². The molecule has 1 aromatic heterocycles. The molecule has 110 valence electrons. The third-order valence-electron chi connectivity index (χ3n) is 3.82. The number of ether oxygens (including phenoxy) is 1. The van der Waals surface area contributed by atoms with Crippen LogP contribution in [0.3, 0.4) is 0 Å². The summed E-state index contributed by atoms with van der Waals surface area (Å²) >= 11 is 1.50. The summed E-state index contributed by atoms with van der Waals surface area (Å²) in [6.07, 6.45) is 3.07. The largest absolute Gasteiger partial charge is 0.497 e. The predicted octanol–water partition coefficient (Wildman–Crippen LogP) is 3.27. The Morgan fingerprint density at radius 2 is 2.33 bits per heavy atom. The second-order valence-electron chi connectivity index (χ2n) is 5.23. The van der Waals surface area contributed by atoms with E-state index < -0.39 is 0 Å². The summed E-state index contributed by atoms with van der Waals surface area (Å²) < 4.78 is 5.27. The Morgan fingerprint density at radius 1 is 1.48 bits per heavy atom. The van der Waals surface area contributed by atoms with Gasteiger partial charge in [-0.1, -0.05) is 6.07 Å². The normalized spacial score (nSPS) is 17.1. The first-order chi connectivity index (χ1) is 10.2. The zero-order valence-corrected chi connectivity index (χ0v) is 13.0. The SMILES string of the molecule is COc1ccc2c(c1)CCC[C@H]2NC(=O)c1csc(C)n1. The average molecular weight is 302 g/mol. The van der Waals surface area contributed by atoms with E-state index in [-0.39, 0.29) is 11.9 Å². The van der Waals surface area contributed by atoms with Gasteiger partial charge in [0.15, 0.2) is 0 Å². The number of hydrogen-bond acceptors (Lipinski definition) is 4. The van der Waals surface area contributed by atoms with Crippen molar-refractivity contribution in [3.63, 3.8) is 0 Å². The predicted molar refractivity (Wildman–Crippen MR) is 83.0 cm³/mol. The standard InChI is InChI=1S/C16H18N2O2S/c1-10-17-15(9-21-10)16(19)18-14-5-3-4-11-8-12(20-2)6-7-13(11)14/h6-9,14H,3-5H2,1-2H3,(H,18,19)/t14-/m1/s1. The minimum Gasteiger partial charge on any atom is -0.497 e. The zero-order chi connectivity index (χ0) is 14.8. The van der Waals surface area contributed by atoms with Gasteiger partial charge in [0, 0.05) is 5.38 Å². The molecule has 0 saturated heterocycles. The van der Waals surface area contributed by atoms with E-state index >= 15 is 0 Å². The van der Waals surface area contributed by atoms with Crippen molar-refractivity contribution >= 4 is 17.2 Å². The van der Waals surface area contributed by atoms with Crippen LogP contribution in [0.15, 0.2) is 23.6 Å². The van der Waals surface area contributed by atoms with Crippen molar-refractivity contribution in [2.24, 2.45) is 0 Å². The topological polar surface area (TPSA) is 51.2 Å². The van der Waals surface area contributed by atoms with Gasteiger partial charge in [-0.2, -0.15) is 0 Å². The molecule has 0 bridgehead atoms.